The molecule has 0 saturated heterocycles. The van der Waals surface area contributed by atoms with Gasteiger partial charge in [0.25, 0.3) is 0 Å². The normalized spacial score (nSPS) is 10.1. The van der Waals surface area contributed by atoms with E-state index < -0.39 is 0 Å². The molecular formula is C13H12ClN3S. The SMILES string of the molecule is Cc1cc(Cl)ccc1Nc1ccnc(C(N)=S)c1. The van der Waals surface area contributed by atoms with Gasteiger partial charge < -0.3 is 11.1 Å². The number of nitrogens with one attached hydrogen (secondary N) is 1. The molecule has 2 aromatic rings. The summed E-state index contributed by atoms with van der Waals surface area (Å²) in [6.07, 6.45) is 1.67. The highest BCUT2D eigenvalue weighted by atomic mass is 35.5. The maximum Gasteiger partial charge on any atom is 0.122 e. The van der Waals surface area contributed by atoms with Gasteiger partial charge in [0.05, 0.1) is 5.69 Å². The number of rotatable bonds is 3. The molecule has 0 unspecified atom stereocenters. The molecule has 5 heteroatoms. The van der Waals surface area contributed by atoms with Gasteiger partial charge in [-0.05, 0) is 42.8 Å². The van der Waals surface area contributed by atoms with Crippen LogP contribution in [0.1, 0.15) is 11.3 Å². The highest BCUT2D eigenvalue weighted by molar-refractivity contribution is 7.80. The van der Waals surface area contributed by atoms with Gasteiger partial charge in [0.2, 0.25) is 0 Å². The van der Waals surface area contributed by atoms with Crippen LogP contribution in [0, 0.1) is 6.92 Å². The fourth-order valence-electron chi connectivity index (χ4n) is 1.57. The number of aromatic nitrogens is 1. The van der Waals surface area contributed by atoms with Crippen LogP contribution in [0.5, 0.6) is 0 Å². The summed E-state index contributed by atoms with van der Waals surface area (Å²) in [5.41, 5.74) is 9.09. The van der Waals surface area contributed by atoms with E-state index in [4.69, 9.17) is 29.6 Å². The summed E-state index contributed by atoms with van der Waals surface area (Å²) >= 11 is 10.8. The molecule has 18 heavy (non-hydrogen) atoms. The van der Waals surface area contributed by atoms with E-state index >= 15 is 0 Å². The Morgan fingerprint density at radius 3 is 2.78 bits per heavy atom. The molecule has 0 radical (unpaired) electrons. The first-order valence-electron chi connectivity index (χ1n) is 5.35. The lowest BCUT2D eigenvalue weighted by molar-refractivity contribution is 1.29. The molecule has 0 fully saturated rings. The Labute approximate surface area is 116 Å². The Hall–Kier alpha value is -1.65. The second-order valence-corrected chi connectivity index (χ2v) is 4.75. The molecule has 0 aliphatic heterocycles. The fourth-order valence-corrected chi connectivity index (χ4v) is 1.90. The molecule has 0 atom stereocenters. The minimum Gasteiger partial charge on any atom is -0.388 e. The molecule has 0 saturated carbocycles. The van der Waals surface area contributed by atoms with Crippen LogP contribution in [0.15, 0.2) is 36.5 Å². The van der Waals surface area contributed by atoms with E-state index in [2.05, 4.69) is 10.3 Å². The molecule has 92 valence electrons. The number of anilines is 2. The van der Waals surface area contributed by atoms with E-state index in [-0.39, 0.29) is 4.99 Å². The summed E-state index contributed by atoms with van der Waals surface area (Å²) in [6.45, 7) is 1.99. The molecule has 3 nitrogen and oxygen atoms in total. The number of benzene rings is 1. The standard InChI is InChI=1S/C13H12ClN3S/c1-8-6-9(14)2-3-11(8)17-10-4-5-16-12(7-10)13(15)18/h2-7H,1H3,(H2,15,18)(H,16,17). The van der Waals surface area contributed by atoms with Gasteiger partial charge in [0, 0.05) is 22.6 Å². The molecule has 0 bridgehead atoms. The summed E-state index contributed by atoms with van der Waals surface area (Å²) in [6, 6.07) is 9.34. The maximum absolute atomic E-state index is 5.92. The van der Waals surface area contributed by atoms with Crippen molar-refractivity contribution in [2.75, 3.05) is 5.32 Å². The number of nitrogens with two attached hydrogens (primary N) is 1. The molecule has 0 aliphatic rings. The monoisotopic (exact) mass is 277 g/mol. The number of aryl methyl sites for hydroxylation is 1. The predicted molar refractivity (Wildman–Crippen MR) is 79.6 cm³/mol. The first-order chi connectivity index (χ1) is 8.56. The lowest BCUT2D eigenvalue weighted by Gasteiger charge is -2.10. The lowest BCUT2D eigenvalue weighted by Crippen LogP contribution is -2.11. The van der Waals surface area contributed by atoms with Crippen molar-refractivity contribution in [3.63, 3.8) is 0 Å². The Morgan fingerprint density at radius 1 is 1.33 bits per heavy atom. The second kappa shape index (κ2) is 5.33. The second-order valence-electron chi connectivity index (χ2n) is 3.88. The van der Waals surface area contributed by atoms with E-state index in [1.54, 1.807) is 6.20 Å². The average molecular weight is 278 g/mol. The van der Waals surface area contributed by atoms with Crippen molar-refractivity contribution in [1.29, 1.82) is 0 Å². The summed E-state index contributed by atoms with van der Waals surface area (Å²) in [7, 11) is 0. The van der Waals surface area contributed by atoms with Gasteiger partial charge in [0.15, 0.2) is 0 Å². The van der Waals surface area contributed by atoms with Gasteiger partial charge in [-0.15, -0.1) is 0 Å². The number of nitrogens with zero attached hydrogens (tertiary/aromatic N) is 1. The van der Waals surface area contributed by atoms with Crippen LogP contribution in [0.3, 0.4) is 0 Å². The Kier molecular flexibility index (Phi) is 3.79. The minimum atomic E-state index is 0.284. The van der Waals surface area contributed by atoms with Crippen LogP contribution in [0.25, 0.3) is 0 Å². The molecule has 2 rings (SSSR count). The first-order valence-corrected chi connectivity index (χ1v) is 6.14. The molecule has 0 spiro atoms. The number of hydrogen-bond donors (Lipinski definition) is 2. The van der Waals surface area contributed by atoms with Crippen molar-refractivity contribution in [2.45, 2.75) is 6.92 Å². The summed E-state index contributed by atoms with van der Waals surface area (Å²) < 4.78 is 0. The third kappa shape index (κ3) is 2.97. The van der Waals surface area contributed by atoms with Gasteiger partial charge >= 0.3 is 0 Å². The molecular weight excluding hydrogens is 266 g/mol. The number of pyridine rings is 1. The molecule has 1 aromatic heterocycles. The third-order valence-corrected chi connectivity index (χ3v) is 2.92. The highest BCUT2D eigenvalue weighted by Gasteiger charge is 2.02. The number of thiocarbonyl (C=S) groups is 1. The maximum atomic E-state index is 5.92. The van der Waals surface area contributed by atoms with Crippen molar-refractivity contribution in [3.8, 4) is 0 Å². The zero-order valence-electron chi connectivity index (χ0n) is 9.77. The van der Waals surface area contributed by atoms with Crippen LogP contribution in [-0.4, -0.2) is 9.97 Å². The minimum absolute atomic E-state index is 0.284. The van der Waals surface area contributed by atoms with Crippen LogP contribution >= 0.6 is 23.8 Å². The third-order valence-electron chi connectivity index (χ3n) is 2.48. The van der Waals surface area contributed by atoms with Gasteiger partial charge in [-0.3, -0.25) is 4.98 Å². The largest absolute Gasteiger partial charge is 0.388 e. The summed E-state index contributed by atoms with van der Waals surface area (Å²) in [5.74, 6) is 0. The topological polar surface area (TPSA) is 50.9 Å². The average Bonchev–Trinajstić information content (AvgIpc) is 2.33. The van der Waals surface area contributed by atoms with Crippen LogP contribution in [-0.2, 0) is 0 Å². The Bertz CT molecular complexity index is 599. The molecule has 3 N–H and O–H groups in total. The summed E-state index contributed by atoms with van der Waals surface area (Å²) in [5, 5.41) is 4.00. The molecule has 1 heterocycles. The van der Waals surface area contributed by atoms with Crippen molar-refractivity contribution >= 4 is 40.2 Å². The number of hydrogen-bond acceptors (Lipinski definition) is 3. The van der Waals surface area contributed by atoms with E-state index in [9.17, 15) is 0 Å². The number of halogens is 1. The smallest absolute Gasteiger partial charge is 0.122 e. The van der Waals surface area contributed by atoms with E-state index in [1.165, 1.54) is 0 Å². The van der Waals surface area contributed by atoms with Crippen molar-refractivity contribution in [3.05, 3.63) is 52.8 Å². The lowest BCUT2D eigenvalue weighted by atomic mass is 10.2. The van der Waals surface area contributed by atoms with Crippen molar-refractivity contribution in [1.82, 2.24) is 4.98 Å². The van der Waals surface area contributed by atoms with E-state index in [1.807, 2.05) is 37.3 Å². The van der Waals surface area contributed by atoms with E-state index in [0.29, 0.717) is 5.69 Å². The van der Waals surface area contributed by atoms with Gasteiger partial charge in [0.1, 0.15) is 4.99 Å². The molecule has 0 aliphatic carbocycles. The molecule has 1 aromatic carbocycles. The van der Waals surface area contributed by atoms with Crippen molar-refractivity contribution in [2.24, 2.45) is 5.73 Å². The Morgan fingerprint density at radius 2 is 2.11 bits per heavy atom. The Balaban J connectivity index is 2.28. The van der Waals surface area contributed by atoms with E-state index in [0.717, 1.165) is 22.0 Å². The zero-order valence-corrected chi connectivity index (χ0v) is 11.3. The zero-order chi connectivity index (χ0) is 13.1. The van der Waals surface area contributed by atoms with Crippen molar-refractivity contribution < 1.29 is 0 Å². The van der Waals surface area contributed by atoms with Gasteiger partial charge in [-0.1, -0.05) is 23.8 Å². The highest BCUT2D eigenvalue weighted by Crippen LogP contribution is 2.23. The molecule has 0 amide bonds. The van der Waals surface area contributed by atoms with Gasteiger partial charge in [-0.2, -0.15) is 0 Å². The quantitative estimate of drug-likeness (QED) is 0.844. The van der Waals surface area contributed by atoms with Gasteiger partial charge in [-0.25, -0.2) is 0 Å². The fraction of sp³-hybridized carbons (Fsp3) is 0.0769. The first kappa shape index (κ1) is 12.8. The van der Waals surface area contributed by atoms with Crippen LogP contribution in [0.4, 0.5) is 11.4 Å². The summed E-state index contributed by atoms with van der Waals surface area (Å²) in [4.78, 5) is 4.37. The van der Waals surface area contributed by atoms with Crippen LogP contribution in [0.2, 0.25) is 5.02 Å². The predicted octanol–water partition coefficient (Wildman–Crippen LogP) is 3.42. The van der Waals surface area contributed by atoms with Crippen LogP contribution < -0.4 is 11.1 Å².